The number of piperazine rings is 1. The standard InChI is InChI=1S/C17H31N7O3/c1-6-23-12-20-21-14(23)10-18-15(25)24-8-7-22(5)11-13(24)9-19-16(26)27-17(2,3)4/h12-13H,6-11H2,1-5H3,(H,18,25)(H,19,26). The van der Waals surface area contributed by atoms with E-state index in [1.54, 1.807) is 11.2 Å². The Morgan fingerprint density at radius 2 is 2.04 bits per heavy atom. The van der Waals surface area contributed by atoms with Gasteiger partial charge < -0.3 is 29.7 Å². The van der Waals surface area contributed by atoms with E-state index < -0.39 is 11.7 Å². The molecule has 0 saturated carbocycles. The minimum absolute atomic E-state index is 0.139. The van der Waals surface area contributed by atoms with Gasteiger partial charge in [-0.3, -0.25) is 0 Å². The van der Waals surface area contributed by atoms with Gasteiger partial charge in [-0.15, -0.1) is 10.2 Å². The van der Waals surface area contributed by atoms with Crippen LogP contribution >= 0.6 is 0 Å². The van der Waals surface area contributed by atoms with Crippen LogP contribution in [0.4, 0.5) is 9.59 Å². The molecule has 27 heavy (non-hydrogen) atoms. The Hall–Kier alpha value is -2.36. The van der Waals surface area contributed by atoms with Gasteiger partial charge in [0.25, 0.3) is 0 Å². The van der Waals surface area contributed by atoms with Gasteiger partial charge in [0, 0.05) is 32.7 Å². The first-order chi connectivity index (χ1) is 12.7. The zero-order chi connectivity index (χ0) is 20.0. The SMILES string of the molecule is CCn1cnnc1CNC(=O)N1CCN(C)CC1CNC(=O)OC(C)(C)C. The number of hydrogen-bond donors (Lipinski definition) is 2. The second kappa shape index (κ2) is 9.03. The first-order valence-corrected chi connectivity index (χ1v) is 9.26. The highest BCUT2D eigenvalue weighted by Crippen LogP contribution is 2.10. The molecule has 1 saturated heterocycles. The predicted octanol–water partition coefficient (Wildman–Crippen LogP) is 0.648. The number of urea groups is 1. The number of likely N-dealkylation sites (N-methyl/N-ethyl adjacent to an activating group) is 1. The number of carbonyl (C=O) groups excluding carboxylic acids is 2. The van der Waals surface area contributed by atoms with Crippen molar-refractivity contribution < 1.29 is 14.3 Å². The van der Waals surface area contributed by atoms with E-state index in [0.717, 1.165) is 13.1 Å². The van der Waals surface area contributed by atoms with Crippen LogP contribution in [0.5, 0.6) is 0 Å². The molecule has 0 radical (unpaired) electrons. The predicted molar refractivity (Wildman–Crippen MR) is 100 cm³/mol. The molecule has 2 rings (SSSR count). The van der Waals surface area contributed by atoms with E-state index >= 15 is 0 Å². The topological polar surface area (TPSA) is 105 Å². The Morgan fingerprint density at radius 1 is 1.30 bits per heavy atom. The van der Waals surface area contributed by atoms with Crippen molar-refractivity contribution in [3.63, 3.8) is 0 Å². The van der Waals surface area contributed by atoms with Crippen molar-refractivity contribution in [2.45, 2.75) is 52.4 Å². The molecule has 1 aromatic rings. The van der Waals surface area contributed by atoms with Gasteiger partial charge in [0.05, 0.1) is 12.6 Å². The monoisotopic (exact) mass is 381 g/mol. The maximum absolute atomic E-state index is 12.7. The van der Waals surface area contributed by atoms with E-state index in [-0.39, 0.29) is 12.1 Å². The molecule has 1 unspecified atom stereocenters. The summed E-state index contributed by atoms with van der Waals surface area (Å²) >= 11 is 0. The molecule has 10 heteroatoms. The van der Waals surface area contributed by atoms with E-state index in [4.69, 9.17) is 4.74 Å². The summed E-state index contributed by atoms with van der Waals surface area (Å²) in [6, 6.07) is -0.315. The van der Waals surface area contributed by atoms with Gasteiger partial charge in [0.1, 0.15) is 11.9 Å². The van der Waals surface area contributed by atoms with E-state index in [2.05, 4.69) is 25.7 Å². The smallest absolute Gasteiger partial charge is 0.407 e. The lowest BCUT2D eigenvalue weighted by atomic mass is 10.2. The molecule has 1 fully saturated rings. The second-order valence-corrected chi connectivity index (χ2v) is 7.68. The minimum Gasteiger partial charge on any atom is -0.444 e. The molecule has 0 spiro atoms. The summed E-state index contributed by atoms with van der Waals surface area (Å²) in [7, 11) is 2.00. The quantitative estimate of drug-likeness (QED) is 0.776. The van der Waals surface area contributed by atoms with Gasteiger partial charge in [0.15, 0.2) is 5.82 Å². The van der Waals surface area contributed by atoms with Gasteiger partial charge in [0.2, 0.25) is 0 Å². The van der Waals surface area contributed by atoms with E-state index in [9.17, 15) is 9.59 Å². The number of aryl methyl sites for hydroxylation is 1. The van der Waals surface area contributed by atoms with Crippen LogP contribution in [0.1, 0.15) is 33.5 Å². The normalized spacial score (nSPS) is 18.3. The highest BCUT2D eigenvalue weighted by Gasteiger charge is 2.30. The number of ether oxygens (including phenoxy) is 1. The fourth-order valence-corrected chi connectivity index (χ4v) is 2.90. The number of amides is 3. The van der Waals surface area contributed by atoms with Crippen LogP contribution in [-0.4, -0.2) is 81.6 Å². The Morgan fingerprint density at radius 3 is 2.70 bits per heavy atom. The van der Waals surface area contributed by atoms with Crippen LogP contribution in [0.25, 0.3) is 0 Å². The number of aromatic nitrogens is 3. The molecule has 10 nitrogen and oxygen atoms in total. The van der Waals surface area contributed by atoms with Crippen LogP contribution in [0.2, 0.25) is 0 Å². The molecule has 1 aliphatic rings. The van der Waals surface area contributed by atoms with Crippen LogP contribution in [-0.2, 0) is 17.8 Å². The largest absolute Gasteiger partial charge is 0.444 e. The summed E-state index contributed by atoms with van der Waals surface area (Å²) in [6.07, 6.45) is 1.16. The number of nitrogens with zero attached hydrogens (tertiary/aromatic N) is 5. The van der Waals surface area contributed by atoms with Crippen molar-refractivity contribution in [2.75, 3.05) is 33.2 Å². The highest BCUT2D eigenvalue weighted by molar-refractivity contribution is 5.75. The van der Waals surface area contributed by atoms with Crippen LogP contribution < -0.4 is 10.6 Å². The molecule has 2 heterocycles. The maximum atomic E-state index is 12.7. The third-order valence-corrected chi connectivity index (χ3v) is 4.26. The number of hydrogen-bond acceptors (Lipinski definition) is 6. The van der Waals surface area contributed by atoms with Gasteiger partial charge in [-0.25, -0.2) is 9.59 Å². The summed E-state index contributed by atoms with van der Waals surface area (Å²) in [4.78, 5) is 28.5. The lowest BCUT2D eigenvalue weighted by molar-refractivity contribution is 0.0486. The van der Waals surface area contributed by atoms with Gasteiger partial charge >= 0.3 is 12.1 Å². The summed E-state index contributed by atoms with van der Waals surface area (Å²) in [5.41, 5.74) is -0.556. The van der Waals surface area contributed by atoms with E-state index in [1.165, 1.54) is 0 Å². The lowest BCUT2D eigenvalue weighted by Crippen LogP contribution is -2.60. The number of carbonyl (C=O) groups is 2. The fourth-order valence-electron chi connectivity index (χ4n) is 2.90. The number of rotatable bonds is 5. The van der Waals surface area contributed by atoms with Crippen molar-refractivity contribution in [2.24, 2.45) is 0 Å². The maximum Gasteiger partial charge on any atom is 0.407 e. The zero-order valence-electron chi connectivity index (χ0n) is 16.9. The Kier molecular flexibility index (Phi) is 7.00. The van der Waals surface area contributed by atoms with Crippen LogP contribution in [0.3, 0.4) is 0 Å². The Bertz CT molecular complexity index is 641. The van der Waals surface area contributed by atoms with Gasteiger partial charge in [-0.2, -0.15) is 0 Å². The summed E-state index contributed by atoms with van der Waals surface area (Å²) in [6.45, 7) is 10.9. The number of alkyl carbamates (subject to hydrolysis) is 1. The molecule has 1 aliphatic heterocycles. The molecular weight excluding hydrogens is 350 g/mol. The molecule has 1 aromatic heterocycles. The molecule has 1 atom stereocenters. The fraction of sp³-hybridized carbons (Fsp3) is 0.765. The zero-order valence-corrected chi connectivity index (χ0v) is 16.9. The molecule has 2 N–H and O–H groups in total. The Balaban J connectivity index is 1.91. The first-order valence-electron chi connectivity index (χ1n) is 9.26. The van der Waals surface area contributed by atoms with Crippen molar-refractivity contribution >= 4 is 12.1 Å². The van der Waals surface area contributed by atoms with E-state index in [1.807, 2.05) is 39.3 Å². The second-order valence-electron chi connectivity index (χ2n) is 7.68. The van der Waals surface area contributed by atoms with Crippen molar-refractivity contribution in [3.8, 4) is 0 Å². The minimum atomic E-state index is -0.556. The average Bonchev–Trinajstić information content (AvgIpc) is 3.04. The summed E-state index contributed by atoms with van der Waals surface area (Å²) < 4.78 is 7.15. The molecular formula is C17H31N7O3. The van der Waals surface area contributed by atoms with Crippen molar-refractivity contribution in [3.05, 3.63) is 12.2 Å². The Labute approximate surface area is 160 Å². The van der Waals surface area contributed by atoms with E-state index in [0.29, 0.717) is 32.0 Å². The van der Waals surface area contributed by atoms with Crippen molar-refractivity contribution in [1.29, 1.82) is 0 Å². The van der Waals surface area contributed by atoms with Crippen LogP contribution in [0.15, 0.2) is 6.33 Å². The molecule has 0 aliphatic carbocycles. The number of nitrogens with one attached hydrogen (secondary N) is 2. The van der Waals surface area contributed by atoms with Gasteiger partial charge in [-0.05, 0) is 34.7 Å². The molecule has 0 bridgehead atoms. The molecule has 152 valence electrons. The lowest BCUT2D eigenvalue weighted by Gasteiger charge is -2.40. The first kappa shape index (κ1) is 20.9. The average molecular weight is 381 g/mol. The van der Waals surface area contributed by atoms with Gasteiger partial charge in [-0.1, -0.05) is 0 Å². The summed E-state index contributed by atoms with van der Waals surface area (Å²) in [5, 5.41) is 13.6. The third kappa shape index (κ3) is 6.38. The van der Waals surface area contributed by atoms with Crippen molar-refractivity contribution in [1.82, 2.24) is 35.2 Å². The third-order valence-electron chi connectivity index (χ3n) is 4.26. The molecule has 0 aromatic carbocycles. The molecule has 3 amide bonds. The highest BCUT2D eigenvalue weighted by atomic mass is 16.6. The summed E-state index contributed by atoms with van der Waals surface area (Å²) in [5.74, 6) is 0.711. The van der Waals surface area contributed by atoms with Crippen LogP contribution in [0, 0.1) is 0 Å².